The Kier molecular flexibility index (Phi) is 5.81. The van der Waals surface area contributed by atoms with Crippen molar-refractivity contribution in [2.75, 3.05) is 19.7 Å². The summed E-state index contributed by atoms with van der Waals surface area (Å²) in [6.45, 7) is 7.94. The van der Waals surface area contributed by atoms with E-state index in [1.54, 1.807) is 0 Å². The maximum absolute atomic E-state index is 5.97. The van der Waals surface area contributed by atoms with E-state index in [9.17, 15) is 0 Å². The van der Waals surface area contributed by atoms with Crippen LogP contribution in [-0.4, -0.2) is 25.7 Å². The lowest BCUT2D eigenvalue weighted by molar-refractivity contribution is -0.0265. The Labute approximate surface area is 127 Å². The van der Waals surface area contributed by atoms with Crippen molar-refractivity contribution in [3.8, 4) is 0 Å². The highest BCUT2D eigenvalue weighted by atomic mass is 16.5. The van der Waals surface area contributed by atoms with Crippen LogP contribution in [-0.2, 0) is 4.74 Å². The van der Waals surface area contributed by atoms with Gasteiger partial charge in [0, 0.05) is 19.1 Å². The minimum Gasteiger partial charge on any atom is -0.373 e. The van der Waals surface area contributed by atoms with Crippen LogP contribution in [0.1, 0.15) is 31.4 Å². The Balaban J connectivity index is 1.93. The van der Waals surface area contributed by atoms with Gasteiger partial charge in [-0.05, 0) is 25.3 Å². The Morgan fingerprint density at radius 1 is 1.43 bits per heavy atom. The number of nitrogens with two attached hydrogens (primary N) is 1. The molecule has 1 heterocycles. The third-order valence-corrected chi connectivity index (χ3v) is 3.64. The van der Waals surface area contributed by atoms with Crippen LogP contribution in [0.3, 0.4) is 0 Å². The number of rotatable bonds is 5. The molecule has 1 fully saturated rings. The first kappa shape index (κ1) is 15.6. The molecule has 3 N–H and O–H groups in total. The molecule has 2 atom stereocenters. The molecule has 114 valence electrons. The van der Waals surface area contributed by atoms with E-state index in [4.69, 9.17) is 10.5 Å². The average Bonchev–Trinajstić information content (AvgIpc) is 2.52. The highest BCUT2D eigenvalue weighted by Gasteiger charge is 2.27. The second kappa shape index (κ2) is 7.84. The Hall–Kier alpha value is -1.81. The summed E-state index contributed by atoms with van der Waals surface area (Å²) in [4.78, 5) is 4.25. The summed E-state index contributed by atoms with van der Waals surface area (Å²) in [6, 6.07) is 10.4. The zero-order valence-electron chi connectivity index (χ0n) is 12.7. The number of aliphatic imine (C=N–C) groups is 1. The summed E-state index contributed by atoms with van der Waals surface area (Å²) in [7, 11) is 0. The van der Waals surface area contributed by atoms with Crippen LogP contribution in [0.2, 0.25) is 0 Å². The van der Waals surface area contributed by atoms with Crippen LogP contribution in [0.4, 0.5) is 0 Å². The van der Waals surface area contributed by atoms with E-state index in [0.717, 1.165) is 31.6 Å². The van der Waals surface area contributed by atoms with Crippen molar-refractivity contribution < 1.29 is 4.74 Å². The molecule has 0 amide bonds. The predicted octanol–water partition coefficient (Wildman–Crippen LogP) is 2.63. The lowest BCUT2D eigenvalue weighted by Crippen LogP contribution is -2.39. The molecule has 2 rings (SSSR count). The van der Waals surface area contributed by atoms with Gasteiger partial charge in [-0.15, -0.1) is 0 Å². The summed E-state index contributed by atoms with van der Waals surface area (Å²) >= 11 is 0. The van der Waals surface area contributed by atoms with Gasteiger partial charge in [0.05, 0.1) is 12.6 Å². The number of guanidine groups is 1. The second-order valence-electron chi connectivity index (χ2n) is 5.64. The van der Waals surface area contributed by atoms with Crippen molar-refractivity contribution in [3.05, 3.63) is 48.0 Å². The van der Waals surface area contributed by atoms with E-state index >= 15 is 0 Å². The fourth-order valence-electron chi connectivity index (χ4n) is 2.58. The van der Waals surface area contributed by atoms with Crippen molar-refractivity contribution in [3.63, 3.8) is 0 Å². The van der Waals surface area contributed by atoms with Gasteiger partial charge in [-0.3, -0.25) is 0 Å². The van der Waals surface area contributed by atoms with Gasteiger partial charge in [0.15, 0.2) is 5.96 Å². The zero-order valence-corrected chi connectivity index (χ0v) is 12.7. The van der Waals surface area contributed by atoms with E-state index in [1.165, 1.54) is 5.56 Å². The van der Waals surface area contributed by atoms with Crippen molar-refractivity contribution in [1.82, 2.24) is 5.32 Å². The molecular weight excluding hydrogens is 262 g/mol. The van der Waals surface area contributed by atoms with E-state index in [0.29, 0.717) is 18.4 Å². The van der Waals surface area contributed by atoms with E-state index in [1.807, 2.05) is 13.0 Å². The van der Waals surface area contributed by atoms with Gasteiger partial charge < -0.3 is 15.8 Å². The molecule has 0 aromatic heterocycles. The largest absolute Gasteiger partial charge is 0.373 e. The van der Waals surface area contributed by atoms with Crippen LogP contribution in [0.5, 0.6) is 0 Å². The standard InChI is InChI=1S/C17H25N3O/c1-13(2)11-19-17(18)20-12-15-9-6-10-21-16(15)14-7-4-3-5-8-14/h3-5,7-8,15-16H,1,6,9-12H2,2H3,(H3,18,19,20). The number of hydrogen-bond donors (Lipinski definition) is 2. The number of nitrogens with zero attached hydrogens (tertiary/aromatic N) is 1. The second-order valence-corrected chi connectivity index (χ2v) is 5.64. The molecule has 4 nitrogen and oxygen atoms in total. The molecule has 1 aromatic carbocycles. The van der Waals surface area contributed by atoms with Crippen LogP contribution < -0.4 is 11.1 Å². The fourth-order valence-corrected chi connectivity index (χ4v) is 2.58. The van der Waals surface area contributed by atoms with Crippen LogP contribution in [0.25, 0.3) is 0 Å². The molecule has 1 aliphatic rings. The van der Waals surface area contributed by atoms with Gasteiger partial charge in [-0.2, -0.15) is 0 Å². The summed E-state index contributed by atoms with van der Waals surface area (Å²) in [5.74, 6) is 0.898. The first-order valence-corrected chi connectivity index (χ1v) is 7.51. The van der Waals surface area contributed by atoms with Crippen LogP contribution >= 0.6 is 0 Å². The quantitative estimate of drug-likeness (QED) is 0.497. The normalized spacial score (nSPS) is 22.8. The highest BCUT2D eigenvalue weighted by Crippen LogP contribution is 2.32. The predicted molar refractivity (Wildman–Crippen MR) is 87.2 cm³/mol. The molecule has 0 spiro atoms. The molecule has 1 aromatic rings. The summed E-state index contributed by atoms with van der Waals surface area (Å²) in [5, 5.41) is 3.21. The monoisotopic (exact) mass is 287 g/mol. The third kappa shape index (κ3) is 4.90. The Morgan fingerprint density at radius 3 is 2.90 bits per heavy atom. The minimum absolute atomic E-state index is 0.140. The summed E-state index contributed by atoms with van der Waals surface area (Å²) in [5.41, 5.74) is 8.12. The molecule has 2 unspecified atom stereocenters. The lowest BCUT2D eigenvalue weighted by atomic mass is 9.89. The van der Waals surface area contributed by atoms with E-state index in [-0.39, 0.29) is 6.10 Å². The maximum Gasteiger partial charge on any atom is 0.188 e. The molecule has 0 radical (unpaired) electrons. The molecule has 0 aliphatic carbocycles. The van der Waals surface area contributed by atoms with E-state index < -0.39 is 0 Å². The number of benzene rings is 1. The third-order valence-electron chi connectivity index (χ3n) is 3.64. The summed E-state index contributed by atoms with van der Waals surface area (Å²) < 4.78 is 5.97. The van der Waals surface area contributed by atoms with Gasteiger partial charge in [0.2, 0.25) is 0 Å². The Morgan fingerprint density at radius 2 is 2.19 bits per heavy atom. The first-order chi connectivity index (χ1) is 10.2. The Bertz CT molecular complexity index is 484. The maximum atomic E-state index is 5.97. The lowest BCUT2D eigenvalue weighted by Gasteiger charge is -2.32. The number of ether oxygens (including phenoxy) is 1. The molecule has 0 bridgehead atoms. The van der Waals surface area contributed by atoms with Gasteiger partial charge in [-0.1, -0.05) is 42.5 Å². The molecule has 21 heavy (non-hydrogen) atoms. The SMILES string of the molecule is C=C(C)CN=C(N)NCC1CCCOC1c1ccccc1. The molecule has 4 heteroatoms. The molecule has 1 saturated heterocycles. The summed E-state index contributed by atoms with van der Waals surface area (Å²) in [6.07, 6.45) is 2.38. The van der Waals surface area contributed by atoms with Gasteiger partial charge >= 0.3 is 0 Å². The van der Waals surface area contributed by atoms with Crippen molar-refractivity contribution in [2.45, 2.75) is 25.9 Å². The minimum atomic E-state index is 0.140. The average molecular weight is 287 g/mol. The highest BCUT2D eigenvalue weighted by molar-refractivity contribution is 5.77. The van der Waals surface area contributed by atoms with Gasteiger partial charge in [-0.25, -0.2) is 4.99 Å². The van der Waals surface area contributed by atoms with Gasteiger partial charge in [0.25, 0.3) is 0 Å². The van der Waals surface area contributed by atoms with E-state index in [2.05, 4.69) is 41.2 Å². The van der Waals surface area contributed by atoms with Crippen molar-refractivity contribution >= 4 is 5.96 Å². The molecular formula is C17H25N3O. The van der Waals surface area contributed by atoms with Gasteiger partial charge in [0.1, 0.15) is 0 Å². The van der Waals surface area contributed by atoms with Crippen molar-refractivity contribution in [2.24, 2.45) is 16.6 Å². The topological polar surface area (TPSA) is 59.6 Å². The smallest absolute Gasteiger partial charge is 0.188 e. The van der Waals surface area contributed by atoms with Crippen molar-refractivity contribution in [1.29, 1.82) is 0 Å². The number of hydrogen-bond acceptors (Lipinski definition) is 2. The number of nitrogens with one attached hydrogen (secondary N) is 1. The first-order valence-electron chi connectivity index (χ1n) is 7.51. The van der Waals surface area contributed by atoms with Crippen LogP contribution in [0.15, 0.2) is 47.5 Å². The fraction of sp³-hybridized carbons (Fsp3) is 0.471. The molecule has 1 aliphatic heterocycles. The zero-order chi connectivity index (χ0) is 15.1. The van der Waals surface area contributed by atoms with Crippen LogP contribution in [0, 0.1) is 5.92 Å². The molecule has 0 saturated carbocycles.